The molecule has 3 nitrogen and oxygen atoms in total. The highest BCUT2D eigenvalue weighted by Gasteiger charge is 2.38. The molecule has 0 unspecified atom stereocenters. The first-order valence-corrected chi connectivity index (χ1v) is 12.1. The third-order valence-corrected chi connectivity index (χ3v) is 8.77. The van der Waals surface area contributed by atoms with Gasteiger partial charge in [0.1, 0.15) is 0 Å². The highest BCUT2D eigenvalue weighted by molar-refractivity contribution is 8.01. The Morgan fingerprint density at radius 1 is 0.862 bits per heavy atom. The first-order chi connectivity index (χ1) is 14.1. The molecule has 0 spiro atoms. The molecular formula is C24H21NO2S2. The van der Waals surface area contributed by atoms with E-state index in [9.17, 15) is 8.42 Å². The van der Waals surface area contributed by atoms with E-state index in [4.69, 9.17) is 0 Å². The minimum Gasteiger partial charge on any atom is -0.207 e. The lowest BCUT2D eigenvalue weighted by Crippen LogP contribution is -2.30. The summed E-state index contributed by atoms with van der Waals surface area (Å²) in [5.41, 5.74) is 2.15. The van der Waals surface area contributed by atoms with E-state index in [1.54, 1.807) is 28.2 Å². The molecule has 1 aliphatic heterocycles. The Kier molecular flexibility index (Phi) is 4.62. The number of thioether (sulfide) groups is 1. The van der Waals surface area contributed by atoms with Crippen molar-refractivity contribution in [1.29, 1.82) is 0 Å². The molecule has 1 atom stereocenters. The molecule has 1 fully saturated rings. The van der Waals surface area contributed by atoms with E-state index in [-0.39, 0.29) is 5.37 Å². The Hall–Kier alpha value is -2.34. The normalized spacial score (nSPS) is 17.9. The second-order valence-electron chi connectivity index (χ2n) is 7.38. The second-order valence-corrected chi connectivity index (χ2v) is 10.5. The zero-order chi connectivity index (χ0) is 20.0. The fourth-order valence-electron chi connectivity index (χ4n) is 4.09. The van der Waals surface area contributed by atoms with Crippen molar-refractivity contribution in [1.82, 2.24) is 4.31 Å². The summed E-state index contributed by atoms with van der Waals surface area (Å²) in [5, 5.41) is 4.28. The van der Waals surface area contributed by atoms with E-state index >= 15 is 0 Å². The van der Waals surface area contributed by atoms with Crippen LogP contribution in [0.15, 0.2) is 83.8 Å². The molecule has 0 N–H and O–H groups in total. The first kappa shape index (κ1) is 18.7. The number of hydrogen-bond acceptors (Lipinski definition) is 3. The van der Waals surface area contributed by atoms with Gasteiger partial charge in [-0.3, -0.25) is 0 Å². The fourth-order valence-corrected chi connectivity index (χ4v) is 7.38. The molecule has 0 aromatic heterocycles. The Morgan fingerprint density at radius 3 is 2.07 bits per heavy atom. The van der Waals surface area contributed by atoms with Crippen molar-refractivity contribution in [3.8, 4) is 0 Å². The smallest absolute Gasteiger partial charge is 0.207 e. The van der Waals surface area contributed by atoms with E-state index in [2.05, 4.69) is 30.3 Å². The van der Waals surface area contributed by atoms with Gasteiger partial charge in [0.25, 0.3) is 0 Å². The largest absolute Gasteiger partial charge is 0.244 e. The summed E-state index contributed by atoms with van der Waals surface area (Å²) in [5.74, 6) is 0.785. The van der Waals surface area contributed by atoms with Crippen LogP contribution in [-0.4, -0.2) is 25.0 Å². The van der Waals surface area contributed by atoms with Gasteiger partial charge in [-0.05, 0) is 52.2 Å². The summed E-state index contributed by atoms with van der Waals surface area (Å²) >= 11 is 1.70. The van der Waals surface area contributed by atoms with Crippen molar-refractivity contribution in [2.45, 2.75) is 17.2 Å². The molecule has 0 saturated carbocycles. The molecule has 1 heterocycles. The van der Waals surface area contributed by atoms with Crippen LogP contribution in [0.3, 0.4) is 0 Å². The molecule has 146 valence electrons. The standard InChI is InChI=1S/C24H21NO2S2/c1-17-10-12-20(13-11-17)29(26,27)25-14-15-28-24(25)23-21-8-4-2-6-18(21)16-19-7-3-5-9-22(19)23/h2-13,16,24H,14-15H2,1H3/t24-/m0/s1. The molecule has 5 heteroatoms. The van der Waals surface area contributed by atoms with Crippen LogP contribution >= 0.6 is 11.8 Å². The third kappa shape index (κ3) is 3.14. The molecule has 0 radical (unpaired) electrons. The van der Waals surface area contributed by atoms with Crippen LogP contribution in [0.5, 0.6) is 0 Å². The molecule has 1 saturated heterocycles. The van der Waals surface area contributed by atoms with E-state index in [0.29, 0.717) is 11.4 Å². The lowest BCUT2D eigenvalue weighted by atomic mass is 9.96. The minimum atomic E-state index is -3.58. The molecule has 0 amide bonds. The van der Waals surface area contributed by atoms with Gasteiger partial charge in [0.15, 0.2) is 0 Å². The summed E-state index contributed by atoms with van der Waals surface area (Å²) in [6, 6.07) is 25.9. The Balaban J connectivity index is 1.72. The van der Waals surface area contributed by atoms with E-state index in [1.807, 2.05) is 43.3 Å². The number of aryl methyl sites for hydroxylation is 1. The average Bonchev–Trinajstić information content (AvgIpc) is 3.22. The summed E-state index contributed by atoms with van der Waals surface area (Å²) < 4.78 is 28.7. The van der Waals surface area contributed by atoms with Crippen molar-refractivity contribution in [3.63, 3.8) is 0 Å². The molecule has 4 aromatic carbocycles. The summed E-state index contributed by atoms with van der Waals surface area (Å²) in [6.07, 6.45) is 0. The van der Waals surface area contributed by atoms with Gasteiger partial charge in [-0.25, -0.2) is 8.42 Å². The van der Waals surface area contributed by atoms with E-state index in [1.165, 1.54) is 0 Å². The van der Waals surface area contributed by atoms with Crippen molar-refractivity contribution in [2.24, 2.45) is 0 Å². The monoisotopic (exact) mass is 419 g/mol. The van der Waals surface area contributed by atoms with Crippen LogP contribution in [0, 0.1) is 6.92 Å². The van der Waals surface area contributed by atoms with Crippen LogP contribution in [0.4, 0.5) is 0 Å². The van der Waals surface area contributed by atoms with Gasteiger partial charge >= 0.3 is 0 Å². The number of benzene rings is 4. The number of fused-ring (bicyclic) bond motifs is 2. The van der Waals surface area contributed by atoms with Crippen LogP contribution in [0.25, 0.3) is 21.5 Å². The zero-order valence-electron chi connectivity index (χ0n) is 16.1. The van der Waals surface area contributed by atoms with Crippen molar-refractivity contribution in [3.05, 3.63) is 90.0 Å². The van der Waals surface area contributed by atoms with Crippen molar-refractivity contribution >= 4 is 43.3 Å². The topological polar surface area (TPSA) is 37.4 Å². The lowest BCUT2D eigenvalue weighted by Gasteiger charge is -2.26. The number of rotatable bonds is 3. The molecule has 4 aromatic rings. The number of sulfonamides is 1. The van der Waals surface area contributed by atoms with Gasteiger partial charge in [-0.1, -0.05) is 66.2 Å². The van der Waals surface area contributed by atoms with Gasteiger partial charge < -0.3 is 0 Å². The highest BCUT2D eigenvalue weighted by atomic mass is 32.2. The predicted octanol–water partition coefficient (Wildman–Crippen LogP) is 5.74. The maximum atomic E-state index is 13.5. The SMILES string of the molecule is Cc1ccc(S(=O)(=O)N2CCS[C@H]2c2c3ccccc3cc3ccccc23)cc1. The molecule has 1 aliphatic rings. The van der Waals surface area contributed by atoms with Crippen molar-refractivity contribution < 1.29 is 8.42 Å². The Morgan fingerprint density at radius 2 is 1.45 bits per heavy atom. The van der Waals surface area contributed by atoms with E-state index in [0.717, 1.165) is 38.4 Å². The average molecular weight is 420 g/mol. The number of nitrogens with zero attached hydrogens (tertiary/aromatic N) is 1. The van der Waals surface area contributed by atoms with Gasteiger partial charge in [0, 0.05) is 12.3 Å². The fraction of sp³-hybridized carbons (Fsp3) is 0.167. The van der Waals surface area contributed by atoms with Crippen LogP contribution < -0.4 is 0 Å². The van der Waals surface area contributed by atoms with Crippen LogP contribution in [-0.2, 0) is 10.0 Å². The lowest BCUT2D eigenvalue weighted by molar-refractivity contribution is 0.437. The van der Waals surface area contributed by atoms with Crippen molar-refractivity contribution in [2.75, 3.05) is 12.3 Å². The summed E-state index contributed by atoms with van der Waals surface area (Å²) in [7, 11) is -3.58. The maximum absolute atomic E-state index is 13.5. The van der Waals surface area contributed by atoms with Crippen LogP contribution in [0.1, 0.15) is 16.5 Å². The molecule has 0 aliphatic carbocycles. The molecule has 5 rings (SSSR count). The van der Waals surface area contributed by atoms with Gasteiger partial charge in [0.2, 0.25) is 10.0 Å². The Labute approximate surface area is 175 Å². The van der Waals surface area contributed by atoms with Crippen LogP contribution in [0.2, 0.25) is 0 Å². The van der Waals surface area contributed by atoms with Gasteiger partial charge in [0.05, 0.1) is 10.3 Å². The predicted molar refractivity (Wildman–Crippen MR) is 122 cm³/mol. The molecule has 0 bridgehead atoms. The summed E-state index contributed by atoms with van der Waals surface area (Å²) in [6.45, 7) is 2.48. The zero-order valence-corrected chi connectivity index (χ0v) is 17.7. The summed E-state index contributed by atoms with van der Waals surface area (Å²) in [4.78, 5) is 0.361. The minimum absolute atomic E-state index is 0.239. The quantitative estimate of drug-likeness (QED) is 0.398. The Bertz CT molecular complexity index is 1260. The maximum Gasteiger partial charge on any atom is 0.244 e. The third-order valence-electron chi connectivity index (χ3n) is 5.54. The van der Waals surface area contributed by atoms with Gasteiger partial charge in [-0.2, -0.15) is 4.31 Å². The van der Waals surface area contributed by atoms with Gasteiger partial charge in [-0.15, -0.1) is 11.8 Å². The highest BCUT2D eigenvalue weighted by Crippen LogP contribution is 2.46. The number of hydrogen-bond donors (Lipinski definition) is 0. The molecular weight excluding hydrogens is 398 g/mol. The first-order valence-electron chi connectivity index (χ1n) is 9.66. The second kappa shape index (κ2) is 7.17. The van der Waals surface area contributed by atoms with E-state index < -0.39 is 10.0 Å². The molecule has 29 heavy (non-hydrogen) atoms.